The molecule has 0 unspecified atom stereocenters. The summed E-state index contributed by atoms with van der Waals surface area (Å²) in [5, 5.41) is 1.36. The van der Waals surface area contributed by atoms with E-state index in [0.717, 1.165) is 27.4 Å². The molecule has 0 spiro atoms. The molecule has 6 nitrogen and oxygen atoms in total. The lowest BCUT2D eigenvalue weighted by Gasteiger charge is -2.15. The van der Waals surface area contributed by atoms with Crippen LogP contribution in [0.3, 0.4) is 0 Å². The zero-order chi connectivity index (χ0) is 20.8. The van der Waals surface area contributed by atoms with Crippen LogP contribution in [-0.2, 0) is 14.8 Å². The molecule has 0 aliphatic carbocycles. The Balaban J connectivity index is 1.73. The SMILES string of the molecule is CCN1C(=O)/C(=C2\Sc3ccccc3N2C)S/C1=N\S(=O)(=O)c1ccc(Cl)cc1. The number of amides is 1. The zero-order valence-electron chi connectivity index (χ0n) is 15.5. The molecular formula is C19H16ClN3O3S3. The van der Waals surface area contributed by atoms with Crippen LogP contribution in [0.4, 0.5) is 5.69 Å². The fraction of sp³-hybridized carbons (Fsp3) is 0.158. The Morgan fingerprint density at radius 1 is 1.07 bits per heavy atom. The lowest BCUT2D eigenvalue weighted by atomic mass is 10.3. The van der Waals surface area contributed by atoms with Crippen LogP contribution >= 0.6 is 35.1 Å². The number of para-hydroxylation sites is 1. The van der Waals surface area contributed by atoms with E-state index in [4.69, 9.17) is 11.6 Å². The van der Waals surface area contributed by atoms with Gasteiger partial charge in [0.25, 0.3) is 15.9 Å². The maximum Gasteiger partial charge on any atom is 0.284 e. The van der Waals surface area contributed by atoms with Gasteiger partial charge in [0.2, 0.25) is 0 Å². The Morgan fingerprint density at radius 2 is 1.76 bits per heavy atom. The van der Waals surface area contributed by atoms with Gasteiger partial charge >= 0.3 is 0 Å². The van der Waals surface area contributed by atoms with E-state index < -0.39 is 10.0 Å². The summed E-state index contributed by atoms with van der Waals surface area (Å²) in [5.74, 6) is -0.246. The molecule has 2 aliphatic heterocycles. The topological polar surface area (TPSA) is 70.1 Å². The molecule has 2 aromatic rings. The normalized spacial score (nSPS) is 20.7. The summed E-state index contributed by atoms with van der Waals surface area (Å²) in [6, 6.07) is 13.6. The molecule has 10 heteroatoms. The predicted octanol–water partition coefficient (Wildman–Crippen LogP) is 4.39. The van der Waals surface area contributed by atoms with Crippen LogP contribution in [-0.4, -0.2) is 38.0 Å². The average molecular weight is 466 g/mol. The van der Waals surface area contributed by atoms with Crippen molar-refractivity contribution in [2.24, 2.45) is 4.40 Å². The number of nitrogens with zero attached hydrogens (tertiary/aromatic N) is 3. The van der Waals surface area contributed by atoms with Crippen molar-refractivity contribution in [2.75, 3.05) is 18.5 Å². The van der Waals surface area contributed by atoms with E-state index in [1.807, 2.05) is 36.2 Å². The number of fused-ring (bicyclic) bond motifs is 1. The van der Waals surface area contributed by atoms with Crippen molar-refractivity contribution in [1.29, 1.82) is 0 Å². The molecule has 4 rings (SSSR count). The van der Waals surface area contributed by atoms with Crippen LogP contribution in [0.2, 0.25) is 5.02 Å². The van der Waals surface area contributed by atoms with Gasteiger partial charge in [-0.1, -0.05) is 35.5 Å². The first-order valence-electron chi connectivity index (χ1n) is 8.67. The van der Waals surface area contributed by atoms with E-state index in [-0.39, 0.29) is 16.0 Å². The maximum atomic E-state index is 13.0. The minimum Gasteiger partial charge on any atom is -0.337 e. The second kappa shape index (κ2) is 7.71. The van der Waals surface area contributed by atoms with Gasteiger partial charge in [-0.05, 0) is 55.1 Å². The highest BCUT2D eigenvalue weighted by Gasteiger charge is 2.39. The third kappa shape index (κ3) is 3.68. The van der Waals surface area contributed by atoms with Crippen molar-refractivity contribution in [1.82, 2.24) is 4.90 Å². The van der Waals surface area contributed by atoms with Crippen LogP contribution in [0, 0.1) is 0 Å². The molecule has 2 heterocycles. The highest BCUT2D eigenvalue weighted by Crippen LogP contribution is 2.49. The fourth-order valence-electron chi connectivity index (χ4n) is 2.94. The lowest BCUT2D eigenvalue weighted by molar-refractivity contribution is -0.122. The zero-order valence-corrected chi connectivity index (χ0v) is 18.7. The summed E-state index contributed by atoms with van der Waals surface area (Å²) >= 11 is 8.42. The van der Waals surface area contributed by atoms with Gasteiger partial charge in [-0.2, -0.15) is 8.42 Å². The number of carbonyl (C=O) groups excluding carboxylic acids is 1. The van der Waals surface area contributed by atoms with Crippen molar-refractivity contribution in [3.63, 3.8) is 0 Å². The molecule has 0 N–H and O–H groups in total. The fourth-order valence-corrected chi connectivity index (χ4v) is 6.66. The van der Waals surface area contributed by atoms with Gasteiger partial charge in [-0.25, -0.2) is 0 Å². The molecular weight excluding hydrogens is 450 g/mol. The summed E-state index contributed by atoms with van der Waals surface area (Å²) in [5.41, 5.74) is 1.01. The third-order valence-corrected chi connectivity index (χ3v) is 8.50. The Labute approximate surface area is 182 Å². The first-order chi connectivity index (χ1) is 13.8. The number of hydrogen-bond donors (Lipinski definition) is 0. The average Bonchev–Trinajstić information content (AvgIpc) is 3.18. The number of hydrogen-bond acceptors (Lipinski definition) is 6. The number of amidine groups is 1. The van der Waals surface area contributed by atoms with Gasteiger partial charge in [-0.3, -0.25) is 9.69 Å². The molecule has 0 aromatic heterocycles. The number of likely N-dealkylation sites (N-methyl/N-ethyl adjacent to an activating group) is 1. The van der Waals surface area contributed by atoms with Crippen molar-refractivity contribution in [3.05, 3.63) is 63.5 Å². The van der Waals surface area contributed by atoms with Crippen molar-refractivity contribution in [2.45, 2.75) is 16.7 Å². The first kappa shape index (κ1) is 20.3. The maximum absolute atomic E-state index is 13.0. The standard InChI is InChI=1S/C19H16ClN3O3S3/c1-3-23-17(24)16(18-22(2)14-6-4-5-7-15(14)27-18)28-19(23)21-29(25,26)13-10-8-12(20)9-11-13/h4-11H,3H2,1-2H3/b18-16+,21-19-. The van der Waals surface area contributed by atoms with Crippen LogP contribution < -0.4 is 4.90 Å². The highest BCUT2D eigenvalue weighted by molar-refractivity contribution is 8.19. The summed E-state index contributed by atoms with van der Waals surface area (Å²) in [6.07, 6.45) is 0. The molecule has 0 saturated carbocycles. The summed E-state index contributed by atoms with van der Waals surface area (Å²) < 4.78 is 29.4. The van der Waals surface area contributed by atoms with Crippen LogP contribution in [0.5, 0.6) is 0 Å². The van der Waals surface area contributed by atoms with E-state index in [9.17, 15) is 13.2 Å². The second-order valence-corrected chi connectivity index (χ2v) is 10.3. The van der Waals surface area contributed by atoms with E-state index in [2.05, 4.69) is 4.40 Å². The summed E-state index contributed by atoms with van der Waals surface area (Å²) in [6.45, 7) is 2.11. The number of rotatable bonds is 3. The molecule has 1 amide bonds. The number of thioether (sulfide) groups is 2. The molecule has 0 radical (unpaired) electrons. The van der Waals surface area contributed by atoms with Gasteiger partial charge < -0.3 is 4.90 Å². The molecule has 150 valence electrons. The van der Waals surface area contributed by atoms with E-state index in [0.29, 0.717) is 16.5 Å². The first-order valence-corrected chi connectivity index (χ1v) is 12.1. The Kier molecular flexibility index (Phi) is 5.41. The van der Waals surface area contributed by atoms with Gasteiger partial charge in [0, 0.05) is 23.5 Å². The molecule has 1 saturated heterocycles. The van der Waals surface area contributed by atoms with Crippen molar-refractivity contribution < 1.29 is 13.2 Å². The van der Waals surface area contributed by atoms with Crippen molar-refractivity contribution in [3.8, 4) is 0 Å². The van der Waals surface area contributed by atoms with Gasteiger partial charge in [0.05, 0.1) is 15.6 Å². The number of halogens is 1. The predicted molar refractivity (Wildman–Crippen MR) is 119 cm³/mol. The van der Waals surface area contributed by atoms with Gasteiger partial charge in [-0.15, -0.1) is 4.40 Å². The minimum absolute atomic E-state index is 0.0272. The number of sulfonamides is 1. The lowest BCUT2D eigenvalue weighted by Crippen LogP contribution is -2.30. The summed E-state index contributed by atoms with van der Waals surface area (Å²) in [4.78, 5) is 17.9. The Hall–Kier alpha value is -1.94. The molecule has 0 bridgehead atoms. The quantitative estimate of drug-likeness (QED) is 0.626. The molecule has 29 heavy (non-hydrogen) atoms. The third-order valence-electron chi connectivity index (χ3n) is 4.42. The van der Waals surface area contributed by atoms with Gasteiger partial charge in [0.15, 0.2) is 5.17 Å². The van der Waals surface area contributed by atoms with Crippen LogP contribution in [0.15, 0.2) is 72.7 Å². The summed E-state index contributed by atoms with van der Waals surface area (Å²) in [7, 11) is -2.08. The highest BCUT2D eigenvalue weighted by atomic mass is 35.5. The van der Waals surface area contributed by atoms with Gasteiger partial charge in [0.1, 0.15) is 4.91 Å². The molecule has 2 aromatic carbocycles. The smallest absolute Gasteiger partial charge is 0.284 e. The number of anilines is 1. The second-order valence-electron chi connectivity index (χ2n) is 6.22. The largest absolute Gasteiger partial charge is 0.337 e. The van der Waals surface area contributed by atoms with Crippen LogP contribution in [0.25, 0.3) is 0 Å². The molecule has 1 fully saturated rings. The Morgan fingerprint density at radius 3 is 2.41 bits per heavy atom. The molecule has 0 atom stereocenters. The van der Waals surface area contributed by atoms with E-state index in [1.54, 1.807) is 6.92 Å². The monoisotopic (exact) mass is 465 g/mol. The number of benzene rings is 2. The molecule has 2 aliphatic rings. The number of carbonyl (C=O) groups is 1. The van der Waals surface area contributed by atoms with E-state index >= 15 is 0 Å². The minimum atomic E-state index is -3.97. The van der Waals surface area contributed by atoms with E-state index in [1.165, 1.54) is 40.9 Å². The van der Waals surface area contributed by atoms with Crippen LogP contribution in [0.1, 0.15) is 6.92 Å². The van der Waals surface area contributed by atoms with Crippen molar-refractivity contribution >= 4 is 61.9 Å². The Bertz CT molecular complexity index is 1160.